The van der Waals surface area contributed by atoms with Gasteiger partial charge in [-0.25, -0.2) is 0 Å². The molecule has 0 amide bonds. The van der Waals surface area contributed by atoms with E-state index < -0.39 is 0 Å². The molecule has 1 aliphatic heterocycles. The number of ether oxygens (including phenoxy) is 1. The van der Waals surface area contributed by atoms with Gasteiger partial charge in [-0.05, 0) is 67.1 Å². The molecule has 2 fully saturated rings. The highest BCUT2D eigenvalue weighted by atomic mass is 32.1. The first-order valence-electron chi connectivity index (χ1n) is 9.11. The van der Waals surface area contributed by atoms with Gasteiger partial charge in [0.25, 0.3) is 0 Å². The van der Waals surface area contributed by atoms with E-state index in [1.807, 2.05) is 0 Å². The lowest BCUT2D eigenvalue weighted by atomic mass is 9.81. The molecule has 1 unspecified atom stereocenters. The van der Waals surface area contributed by atoms with E-state index in [1.165, 1.54) is 23.1 Å². The fourth-order valence-electron chi connectivity index (χ4n) is 4.53. The molecule has 0 bridgehead atoms. The van der Waals surface area contributed by atoms with E-state index in [1.54, 1.807) is 0 Å². The predicted molar refractivity (Wildman–Crippen MR) is 90.4 cm³/mol. The minimum Gasteiger partial charge on any atom is -0.465 e. The molecule has 3 atom stereocenters. The van der Waals surface area contributed by atoms with Gasteiger partial charge in [-0.15, -0.1) is 0 Å². The number of esters is 1. The summed E-state index contributed by atoms with van der Waals surface area (Å²) in [7, 11) is 0. The maximum absolute atomic E-state index is 11.5. The van der Waals surface area contributed by atoms with Gasteiger partial charge < -0.3 is 4.74 Å². The Kier molecular flexibility index (Phi) is 4.43. The van der Waals surface area contributed by atoms with Gasteiger partial charge in [0.2, 0.25) is 0 Å². The molecule has 0 aromatic heterocycles. The third-order valence-corrected chi connectivity index (χ3v) is 5.79. The summed E-state index contributed by atoms with van der Waals surface area (Å²) in [5.41, 5.74) is 4.55. The third-order valence-electron chi connectivity index (χ3n) is 5.79. The monoisotopic (exact) mass is 334 g/mol. The lowest BCUT2D eigenvalue weighted by Crippen LogP contribution is -2.16. The fourth-order valence-corrected chi connectivity index (χ4v) is 4.53. The topological polar surface area (TPSA) is 43.4 Å². The first kappa shape index (κ1) is 15.3. The number of rotatable bonds is 1. The molecule has 4 heteroatoms. The van der Waals surface area contributed by atoms with Crippen molar-refractivity contribution in [2.45, 2.75) is 57.8 Å². The molecule has 2 aliphatic carbocycles. The van der Waals surface area contributed by atoms with Crippen LogP contribution in [-0.2, 0) is 34.9 Å². The number of fused-ring (bicyclic) bond motifs is 1. The highest BCUT2D eigenvalue weighted by molar-refractivity contribution is 7.44. The van der Waals surface area contributed by atoms with Crippen LogP contribution in [0.15, 0.2) is 18.2 Å². The minimum atomic E-state index is -0.00692. The Morgan fingerprint density at radius 3 is 2.91 bits per heavy atom. The lowest BCUT2D eigenvalue weighted by molar-refractivity contribution is -0.137. The van der Waals surface area contributed by atoms with Gasteiger partial charge in [-0.3, -0.25) is 4.79 Å². The van der Waals surface area contributed by atoms with Crippen LogP contribution < -0.4 is 0 Å². The van der Waals surface area contributed by atoms with E-state index in [0.29, 0.717) is 31.8 Å². The molecule has 1 heterocycles. The van der Waals surface area contributed by atoms with Crippen molar-refractivity contribution in [1.29, 1.82) is 0 Å². The van der Waals surface area contributed by atoms with E-state index in [0.717, 1.165) is 32.1 Å². The molecular weight excluding hydrogens is 308 g/mol. The first-order valence-corrected chi connectivity index (χ1v) is 8.74. The summed E-state index contributed by atoms with van der Waals surface area (Å²) < 4.78 is 20.7. The standard InChI is InChI=1S/C19H24O2.OS/c1-13-2-3-15-9-16(5-4-14(15)8-13)17-6-7-19(10-17)11-18(20)21-12-19;1-2/h4-5,9,13,17H,2-3,6-8,10-12H2,1H3;/t13?,17-,19+;/m1./s1/i1T;. The second-order valence-corrected chi connectivity index (χ2v) is 7.41. The summed E-state index contributed by atoms with van der Waals surface area (Å²) >= 11 is 2.83. The van der Waals surface area contributed by atoms with Crippen molar-refractivity contribution in [3.63, 3.8) is 0 Å². The molecule has 0 N–H and O–H groups in total. The molecule has 1 aromatic carbocycles. The van der Waals surface area contributed by atoms with Gasteiger partial charge in [-0.2, -0.15) is 4.21 Å². The number of carbonyl (C=O) groups excluding carboxylic acids is 1. The SMILES string of the molecule is O=S.[3H]CC1CCc2cc([C@@H]3CC[C@]4(COC(=O)C4)C3)ccc2C1. The van der Waals surface area contributed by atoms with Crippen LogP contribution in [0.25, 0.3) is 0 Å². The number of hydrogen-bond donors (Lipinski definition) is 0. The largest absolute Gasteiger partial charge is 0.465 e. The molecule has 3 nitrogen and oxygen atoms in total. The number of hydrogen-bond acceptors (Lipinski definition) is 4. The van der Waals surface area contributed by atoms with Crippen LogP contribution in [-0.4, -0.2) is 16.8 Å². The summed E-state index contributed by atoms with van der Waals surface area (Å²) in [6.45, 7) is 1.19. The molecular formula is C19H24O3S. The molecule has 0 radical (unpaired) electrons. The summed E-state index contributed by atoms with van der Waals surface area (Å²) in [4.78, 5) is 11.5. The van der Waals surface area contributed by atoms with Crippen molar-refractivity contribution >= 4 is 18.5 Å². The number of benzene rings is 1. The van der Waals surface area contributed by atoms with Crippen molar-refractivity contribution in [3.05, 3.63) is 34.9 Å². The van der Waals surface area contributed by atoms with Crippen molar-refractivity contribution in [2.24, 2.45) is 11.3 Å². The zero-order valence-corrected chi connectivity index (χ0v) is 14.2. The van der Waals surface area contributed by atoms with Crippen LogP contribution in [0.5, 0.6) is 0 Å². The van der Waals surface area contributed by atoms with Crippen molar-refractivity contribution in [2.75, 3.05) is 6.61 Å². The highest BCUT2D eigenvalue weighted by Crippen LogP contribution is 2.51. The number of cyclic esters (lactones) is 1. The maximum Gasteiger partial charge on any atom is 0.306 e. The smallest absolute Gasteiger partial charge is 0.306 e. The van der Waals surface area contributed by atoms with E-state index in [9.17, 15) is 4.79 Å². The van der Waals surface area contributed by atoms with Crippen LogP contribution in [0.4, 0.5) is 0 Å². The third kappa shape index (κ3) is 3.32. The van der Waals surface area contributed by atoms with Gasteiger partial charge in [0.05, 0.1) is 13.0 Å². The fraction of sp³-hybridized carbons (Fsp3) is 0.632. The van der Waals surface area contributed by atoms with Gasteiger partial charge in [-0.1, -0.05) is 25.1 Å². The molecule has 1 spiro atoms. The molecule has 4 rings (SSSR count). The molecule has 124 valence electrons. The maximum atomic E-state index is 11.5. The second-order valence-electron chi connectivity index (χ2n) is 7.41. The molecule has 1 aromatic rings. The van der Waals surface area contributed by atoms with Crippen molar-refractivity contribution in [3.8, 4) is 0 Å². The van der Waals surface area contributed by atoms with Gasteiger partial charge in [0, 0.05) is 6.79 Å². The Labute approximate surface area is 144 Å². The Morgan fingerprint density at radius 2 is 2.17 bits per heavy atom. The summed E-state index contributed by atoms with van der Waals surface area (Å²) in [6.07, 6.45) is 7.41. The van der Waals surface area contributed by atoms with Crippen LogP contribution in [0, 0.1) is 11.3 Å². The summed E-state index contributed by atoms with van der Waals surface area (Å²) in [5.74, 6) is 1.14. The van der Waals surface area contributed by atoms with E-state index in [-0.39, 0.29) is 11.4 Å². The average Bonchev–Trinajstić information content (AvgIpc) is 3.21. The number of aryl methyl sites for hydroxylation is 1. The van der Waals surface area contributed by atoms with E-state index in [2.05, 4.69) is 30.7 Å². The zero-order chi connectivity index (χ0) is 17.2. The molecule has 1 saturated heterocycles. The summed E-state index contributed by atoms with van der Waals surface area (Å²) in [6, 6.07) is 7.01. The van der Waals surface area contributed by atoms with E-state index in [4.69, 9.17) is 10.3 Å². The quantitative estimate of drug-likeness (QED) is 0.735. The van der Waals surface area contributed by atoms with Crippen LogP contribution in [0.2, 0.25) is 0 Å². The summed E-state index contributed by atoms with van der Waals surface area (Å²) in [5, 5.41) is 0. The Hall–Kier alpha value is -1.29. The Morgan fingerprint density at radius 1 is 1.30 bits per heavy atom. The van der Waals surface area contributed by atoms with Crippen molar-refractivity contribution < 1.29 is 15.1 Å². The minimum absolute atomic E-state index is 0.00692. The van der Waals surface area contributed by atoms with Crippen LogP contribution >= 0.6 is 0 Å². The zero-order valence-electron chi connectivity index (χ0n) is 14.4. The average molecular weight is 334 g/mol. The van der Waals surface area contributed by atoms with Gasteiger partial charge >= 0.3 is 5.97 Å². The number of carbonyl (C=O) groups is 1. The lowest BCUT2D eigenvalue weighted by Gasteiger charge is -2.24. The molecule has 23 heavy (non-hydrogen) atoms. The Balaban J connectivity index is 0.000000815. The first-order chi connectivity index (χ1) is 11.7. The van der Waals surface area contributed by atoms with Crippen molar-refractivity contribution in [1.82, 2.24) is 0 Å². The normalized spacial score (nSPS) is 32.7. The van der Waals surface area contributed by atoms with Gasteiger partial charge in [0.15, 0.2) is 12.5 Å². The Bertz CT molecular complexity index is 621. The van der Waals surface area contributed by atoms with Gasteiger partial charge in [0.1, 0.15) is 0 Å². The molecule has 3 aliphatic rings. The molecule has 1 saturated carbocycles. The second kappa shape index (κ2) is 6.68. The highest BCUT2D eigenvalue weighted by Gasteiger charge is 2.46. The van der Waals surface area contributed by atoms with E-state index >= 15 is 0 Å². The predicted octanol–water partition coefficient (Wildman–Crippen LogP) is 3.68. The van der Waals surface area contributed by atoms with Crippen LogP contribution in [0.1, 0.15) is 63.0 Å². The van der Waals surface area contributed by atoms with Crippen LogP contribution in [0.3, 0.4) is 0 Å².